The average Bonchev–Trinajstić information content (AvgIpc) is 2.60. The first-order chi connectivity index (χ1) is 12.9. The van der Waals surface area contributed by atoms with Gasteiger partial charge in [0.2, 0.25) is 0 Å². The molecule has 0 unspecified atom stereocenters. The molecule has 2 N–H and O–H groups in total. The van der Waals surface area contributed by atoms with Crippen molar-refractivity contribution in [3.05, 3.63) is 53.6 Å². The van der Waals surface area contributed by atoms with E-state index in [4.69, 9.17) is 0 Å². The van der Waals surface area contributed by atoms with Crippen LogP contribution in [0.15, 0.2) is 42.5 Å². The van der Waals surface area contributed by atoms with Crippen LogP contribution in [-0.2, 0) is 6.18 Å². The maximum Gasteiger partial charge on any atom is 0.416 e. The summed E-state index contributed by atoms with van der Waals surface area (Å²) in [6.45, 7) is -1.82. The van der Waals surface area contributed by atoms with Crippen molar-refractivity contribution in [3.8, 4) is 11.5 Å². The molecule has 2 rings (SSSR count). The third-order valence-electron chi connectivity index (χ3n) is 3.44. The average molecular weight is 411 g/mol. The molecule has 0 bridgehead atoms. The van der Waals surface area contributed by atoms with E-state index in [9.17, 15) is 40.6 Å². The van der Waals surface area contributed by atoms with Gasteiger partial charge in [-0.15, -0.1) is 0 Å². The number of alkyl halides is 7. The van der Waals surface area contributed by atoms with Gasteiger partial charge in [0, 0.05) is 0 Å². The van der Waals surface area contributed by atoms with Crippen molar-refractivity contribution < 1.29 is 45.4 Å². The van der Waals surface area contributed by atoms with Crippen LogP contribution in [0.1, 0.15) is 15.9 Å². The Bertz CT molecular complexity index is 853. The Labute approximate surface area is 153 Å². The fourth-order valence-corrected chi connectivity index (χ4v) is 2.02. The predicted molar refractivity (Wildman–Crippen MR) is 84.0 cm³/mol. The topological polar surface area (TPSA) is 58.6 Å². The molecule has 0 saturated heterocycles. The summed E-state index contributed by atoms with van der Waals surface area (Å²) in [6.07, 6.45) is -8.89. The smallest absolute Gasteiger partial charge is 0.416 e. The van der Waals surface area contributed by atoms with Crippen LogP contribution < -0.4 is 10.1 Å². The Morgan fingerprint density at radius 1 is 1.07 bits per heavy atom. The lowest BCUT2D eigenvalue weighted by atomic mass is 10.1. The van der Waals surface area contributed by atoms with Crippen molar-refractivity contribution >= 4 is 11.6 Å². The summed E-state index contributed by atoms with van der Waals surface area (Å²) in [5.41, 5.74) is -2.25. The van der Waals surface area contributed by atoms with Gasteiger partial charge in [-0.1, -0.05) is 12.1 Å². The molecule has 0 aliphatic rings. The Morgan fingerprint density at radius 3 is 2.29 bits per heavy atom. The second-order valence-corrected chi connectivity index (χ2v) is 5.53. The zero-order valence-electron chi connectivity index (χ0n) is 13.7. The summed E-state index contributed by atoms with van der Waals surface area (Å²) < 4.78 is 93.7. The molecule has 28 heavy (non-hydrogen) atoms. The molecule has 152 valence electrons. The second kappa shape index (κ2) is 7.95. The van der Waals surface area contributed by atoms with Crippen LogP contribution in [0.2, 0.25) is 0 Å². The number of para-hydroxylation sites is 1. The van der Waals surface area contributed by atoms with Crippen LogP contribution >= 0.6 is 0 Å². The summed E-state index contributed by atoms with van der Waals surface area (Å²) in [6, 6.07) is 6.54. The van der Waals surface area contributed by atoms with Crippen molar-refractivity contribution in [2.75, 3.05) is 11.9 Å². The first kappa shape index (κ1) is 21.3. The van der Waals surface area contributed by atoms with Gasteiger partial charge in [-0.3, -0.25) is 4.79 Å². The summed E-state index contributed by atoms with van der Waals surface area (Å²) >= 11 is 0. The highest BCUT2D eigenvalue weighted by atomic mass is 19.4. The van der Waals surface area contributed by atoms with Crippen molar-refractivity contribution in [2.24, 2.45) is 0 Å². The third-order valence-corrected chi connectivity index (χ3v) is 3.44. The fraction of sp³-hybridized carbons (Fsp3) is 0.235. The summed E-state index contributed by atoms with van der Waals surface area (Å²) in [4.78, 5) is 12.2. The van der Waals surface area contributed by atoms with Gasteiger partial charge in [0.05, 0.1) is 16.8 Å². The molecule has 1 amide bonds. The maximum absolute atomic E-state index is 13.0. The largest absolute Gasteiger partial charge is 0.507 e. The van der Waals surface area contributed by atoms with E-state index >= 15 is 0 Å². The lowest BCUT2D eigenvalue weighted by Crippen LogP contribution is -2.34. The number of ether oxygens (including phenoxy) is 1. The Kier molecular flexibility index (Phi) is 6.05. The Balaban J connectivity index is 2.35. The molecule has 0 radical (unpaired) electrons. The van der Waals surface area contributed by atoms with Crippen LogP contribution in [0.5, 0.6) is 11.5 Å². The number of phenolic OH excluding ortho intramolecular Hbond substituents is 1. The molecule has 4 nitrogen and oxygen atoms in total. The number of halogens is 7. The van der Waals surface area contributed by atoms with E-state index < -0.39 is 53.8 Å². The number of benzene rings is 2. The van der Waals surface area contributed by atoms with E-state index in [1.165, 1.54) is 12.1 Å². The molecule has 2 aromatic rings. The van der Waals surface area contributed by atoms with Gasteiger partial charge in [-0.05, 0) is 30.3 Å². The van der Waals surface area contributed by atoms with Gasteiger partial charge in [0.15, 0.2) is 6.61 Å². The molecule has 0 spiro atoms. The molecule has 0 saturated carbocycles. The SMILES string of the molecule is O=C(Nc1cc(C(F)(F)F)ccc1OCC(F)(F)C(F)F)c1ccccc1O. The first-order valence-electron chi connectivity index (χ1n) is 7.51. The highest BCUT2D eigenvalue weighted by Gasteiger charge is 2.42. The molecule has 2 aromatic carbocycles. The molecule has 0 aromatic heterocycles. The zero-order valence-corrected chi connectivity index (χ0v) is 13.7. The van der Waals surface area contributed by atoms with E-state index in [-0.39, 0.29) is 5.56 Å². The highest BCUT2D eigenvalue weighted by molar-refractivity contribution is 6.06. The zero-order chi connectivity index (χ0) is 21.1. The summed E-state index contributed by atoms with van der Waals surface area (Å²) in [5, 5.41) is 11.6. The lowest BCUT2D eigenvalue weighted by Gasteiger charge is -2.19. The number of rotatable bonds is 6. The number of carbonyl (C=O) groups is 1. The standard InChI is InChI=1S/C17H12F7NO3/c18-15(19)16(20,21)8-28-13-6-5-9(17(22,23)24)7-11(13)25-14(27)10-3-1-2-4-12(10)26/h1-7,15,26H,8H2,(H,25,27). The van der Waals surface area contributed by atoms with Crippen molar-refractivity contribution in [3.63, 3.8) is 0 Å². The first-order valence-corrected chi connectivity index (χ1v) is 7.51. The van der Waals surface area contributed by atoms with Crippen LogP contribution in [0, 0.1) is 0 Å². The molecular formula is C17H12F7NO3. The quantitative estimate of drug-likeness (QED) is 0.662. The monoisotopic (exact) mass is 411 g/mol. The maximum atomic E-state index is 13.0. The van der Waals surface area contributed by atoms with Gasteiger partial charge < -0.3 is 15.2 Å². The highest BCUT2D eigenvalue weighted by Crippen LogP contribution is 2.36. The van der Waals surface area contributed by atoms with Gasteiger partial charge in [0.25, 0.3) is 5.91 Å². The third kappa shape index (κ3) is 5.05. The van der Waals surface area contributed by atoms with Gasteiger partial charge in [0.1, 0.15) is 11.5 Å². The molecule has 0 fully saturated rings. The number of hydrogen-bond acceptors (Lipinski definition) is 3. The molecular weight excluding hydrogens is 399 g/mol. The molecule has 11 heteroatoms. The van der Waals surface area contributed by atoms with Crippen molar-refractivity contribution in [1.82, 2.24) is 0 Å². The Hall–Kier alpha value is -2.98. The number of anilines is 1. The molecule has 0 atom stereocenters. The van der Waals surface area contributed by atoms with Crippen molar-refractivity contribution in [2.45, 2.75) is 18.5 Å². The minimum Gasteiger partial charge on any atom is -0.507 e. The summed E-state index contributed by atoms with van der Waals surface area (Å²) in [7, 11) is 0. The number of amides is 1. The van der Waals surface area contributed by atoms with Crippen molar-refractivity contribution in [1.29, 1.82) is 0 Å². The van der Waals surface area contributed by atoms with E-state index in [0.29, 0.717) is 18.2 Å². The number of hydrogen-bond donors (Lipinski definition) is 2. The van der Waals surface area contributed by atoms with E-state index in [2.05, 4.69) is 4.74 Å². The van der Waals surface area contributed by atoms with Crippen LogP contribution in [0.3, 0.4) is 0 Å². The minimum atomic E-state index is -4.83. The predicted octanol–water partition coefficient (Wildman–Crippen LogP) is 4.94. The summed E-state index contributed by atoms with van der Waals surface area (Å²) in [5.74, 6) is -6.79. The van der Waals surface area contributed by atoms with Crippen LogP contribution in [0.25, 0.3) is 0 Å². The van der Waals surface area contributed by atoms with Crippen LogP contribution in [0.4, 0.5) is 36.4 Å². The van der Waals surface area contributed by atoms with Crippen LogP contribution in [-0.4, -0.2) is 30.0 Å². The van der Waals surface area contributed by atoms with Gasteiger partial charge >= 0.3 is 18.5 Å². The second-order valence-electron chi connectivity index (χ2n) is 5.53. The number of nitrogens with one attached hydrogen (secondary N) is 1. The molecule has 0 aliphatic heterocycles. The fourth-order valence-electron chi connectivity index (χ4n) is 2.02. The molecule has 0 aliphatic carbocycles. The van der Waals surface area contributed by atoms with E-state index in [0.717, 1.165) is 12.1 Å². The number of aromatic hydroxyl groups is 1. The molecule has 0 heterocycles. The van der Waals surface area contributed by atoms with E-state index in [1.807, 2.05) is 5.32 Å². The normalized spacial score (nSPS) is 12.1. The lowest BCUT2D eigenvalue weighted by molar-refractivity contribution is -0.148. The van der Waals surface area contributed by atoms with E-state index in [1.54, 1.807) is 0 Å². The Morgan fingerprint density at radius 2 is 1.71 bits per heavy atom. The van der Waals surface area contributed by atoms with Gasteiger partial charge in [-0.25, -0.2) is 8.78 Å². The minimum absolute atomic E-state index is 0.316. The number of phenols is 1. The number of carbonyl (C=O) groups excluding carboxylic acids is 1. The van der Waals surface area contributed by atoms with Gasteiger partial charge in [-0.2, -0.15) is 22.0 Å².